The maximum atomic E-state index is 13.0. The minimum absolute atomic E-state index is 0.0330. The molecule has 0 bridgehead atoms. The van der Waals surface area contributed by atoms with Gasteiger partial charge in [0.15, 0.2) is 0 Å². The number of nitrogens with zero attached hydrogens (tertiary/aromatic N) is 4. The van der Waals surface area contributed by atoms with Crippen LogP contribution in [0, 0.1) is 5.92 Å². The number of hydrogen-bond acceptors (Lipinski definition) is 5. The molecule has 1 amide bonds. The summed E-state index contributed by atoms with van der Waals surface area (Å²) in [5.41, 5.74) is 1.17. The number of amides is 1. The first-order valence-corrected chi connectivity index (χ1v) is 9.48. The van der Waals surface area contributed by atoms with E-state index >= 15 is 0 Å². The molecule has 0 radical (unpaired) electrons. The molecule has 2 aliphatic heterocycles. The summed E-state index contributed by atoms with van der Waals surface area (Å²) in [5, 5.41) is 10.9. The monoisotopic (exact) mass is 345 g/mol. The fraction of sp³-hybridized carbons (Fsp3) is 0.588. The largest absolute Gasteiger partial charge is 0.342 e. The van der Waals surface area contributed by atoms with E-state index in [1.54, 1.807) is 11.3 Å². The Morgan fingerprint density at radius 3 is 2.83 bits per heavy atom. The molecule has 4 heterocycles. The van der Waals surface area contributed by atoms with Crippen molar-refractivity contribution in [1.29, 1.82) is 0 Å². The number of likely N-dealkylation sites (tertiary alicyclic amines) is 1. The summed E-state index contributed by atoms with van der Waals surface area (Å²) in [5.74, 6) is 1.09. The number of carbonyl (C=O) groups excluding carboxylic acids is 1. The lowest BCUT2D eigenvalue weighted by Gasteiger charge is -2.33. The lowest BCUT2D eigenvalue weighted by atomic mass is 9.88. The van der Waals surface area contributed by atoms with Crippen molar-refractivity contribution in [2.24, 2.45) is 13.0 Å². The van der Waals surface area contributed by atoms with Crippen molar-refractivity contribution < 1.29 is 4.79 Å². The van der Waals surface area contributed by atoms with E-state index in [1.807, 2.05) is 35.7 Å². The minimum atomic E-state index is 0.0330. The van der Waals surface area contributed by atoms with Crippen molar-refractivity contribution >= 4 is 17.2 Å². The molecule has 2 fully saturated rings. The number of nitrogens with one attached hydrogen (secondary N) is 1. The molecule has 0 aromatic carbocycles. The Hall–Kier alpha value is -1.73. The van der Waals surface area contributed by atoms with Crippen molar-refractivity contribution in [2.75, 3.05) is 26.2 Å². The second-order valence-electron chi connectivity index (χ2n) is 6.79. The van der Waals surface area contributed by atoms with E-state index in [0.717, 1.165) is 39.0 Å². The molecule has 0 saturated carbocycles. The van der Waals surface area contributed by atoms with Gasteiger partial charge in [0.1, 0.15) is 0 Å². The van der Waals surface area contributed by atoms with Crippen LogP contribution in [-0.4, -0.2) is 51.8 Å². The average molecular weight is 345 g/mol. The minimum Gasteiger partial charge on any atom is -0.342 e. The van der Waals surface area contributed by atoms with Gasteiger partial charge in [-0.1, -0.05) is 0 Å². The van der Waals surface area contributed by atoms with Crippen molar-refractivity contribution in [2.45, 2.75) is 24.7 Å². The second-order valence-corrected chi connectivity index (χ2v) is 7.71. The van der Waals surface area contributed by atoms with Gasteiger partial charge in [-0.25, -0.2) is 4.98 Å². The molecule has 6 nitrogen and oxygen atoms in total. The van der Waals surface area contributed by atoms with Crippen molar-refractivity contribution in [1.82, 2.24) is 25.0 Å². The van der Waals surface area contributed by atoms with Crippen molar-refractivity contribution in [3.8, 4) is 0 Å². The number of thiazole rings is 1. The summed E-state index contributed by atoms with van der Waals surface area (Å²) in [6.45, 7) is 3.32. The van der Waals surface area contributed by atoms with Gasteiger partial charge in [0.25, 0.3) is 0 Å². The van der Waals surface area contributed by atoms with Gasteiger partial charge in [-0.15, -0.1) is 11.3 Å². The van der Waals surface area contributed by atoms with Gasteiger partial charge >= 0.3 is 0 Å². The molecule has 2 aromatic heterocycles. The van der Waals surface area contributed by atoms with E-state index in [-0.39, 0.29) is 11.8 Å². The highest BCUT2D eigenvalue weighted by atomic mass is 32.1. The maximum absolute atomic E-state index is 13.0. The zero-order valence-electron chi connectivity index (χ0n) is 13.9. The Labute approximate surface area is 145 Å². The third kappa shape index (κ3) is 2.98. The Morgan fingerprint density at radius 1 is 1.33 bits per heavy atom. The highest BCUT2D eigenvalue weighted by molar-refractivity contribution is 7.09. The summed E-state index contributed by atoms with van der Waals surface area (Å²) < 4.78 is 1.81. The van der Waals surface area contributed by atoms with Gasteiger partial charge < -0.3 is 10.2 Å². The Morgan fingerprint density at radius 2 is 2.17 bits per heavy atom. The van der Waals surface area contributed by atoms with Crippen molar-refractivity contribution in [3.05, 3.63) is 34.5 Å². The van der Waals surface area contributed by atoms with Crippen LogP contribution < -0.4 is 5.32 Å². The van der Waals surface area contributed by atoms with Crippen molar-refractivity contribution in [3.63, 3.8) is 0 Å². The number of hydrogen-bond donors (Lipinski definition) is 1. The molecule has 2 aliphatic rings. The quantitative estimate of drug-likeness (QED) is 0.917. The van der Waals surface area contributed by atoms with Crippen LogP contribution in [0.2, 0.25) is 0 Å². The smallest absolute Gasteiger partial charge is 0.227 e. The number of carbonyl (C=O) groups is 1. The van der Waals surface area contributed by atoms with Crippen LogP contribution in [0.15, 0.2) is 24.0 Å². The zero-order valence-corrected chi connectivity index (χ0v) is 14.7. The van der Waals surface area contributed by atoms with Gasteiger partial charge in [0.2, 0.25) is 5.91 Å². The molecule has 0 unspecified atom stereocenters. The first-order valence-electron chi connectivity index (χ1n) is 8.60. The van der Waals surface area contributed by atoms with Crippen LogP contribution in [0.3, 0.4) is 0 Å². The van der Waals surface area contributed by atoms with Crippen LogP contribution in [0.25, 0.3) is 0 Å². The SMILES string of the molecule is Cn1cc([C@H]2CNC[C@@H]2C(=O)N2CCC(c3nccs3)CC2)cn1. The molecule has 24 heavy (non-hydrogen) atoms. The normalized spacial score (nSPS) is 25.3. The van der Waals surface area contributed by atoms with Gasteiger partial charge in [0, 0.05) is 62.8 Å². The van der Waals surface area contributed by atoms with Crippen LogP contribution in [-0.2, 0) is 11.8 Å². The average Bonchev–Trinajstić information content (AvgIpc) is 3.35. The summed E-state index contributed by atoms with van der Waals surface area (Å²) in [7, 11) is 1.92. The fourth-order valence-electron chi connectivity index (χ4n) is 3.94. The lowest BCUT2D eigenvalue weighted by molar-refractivity contribution is -0.136. The molecule has 0 spiro atoms. The molecule has 0 aliphatic carbocycles. The Kier molecular flexibility index (Phi) is 4.37. The number of aromatic nitrogens is 3. The number of rotatable bonds is 3. The second kappa shape index (κ2) is 6.64. The van der Waals surface area contributed by atoms with Gasteiger partial charge in [0.05, 0.1) is 17.1 Å². The summed E-state index contributed by atoms with van der Waals surface area (Å²) >= 11 is 1.73. The van der Waals surface area contributed by atoms with Gasteiger partial charge in [-0.2, -0.15) is 5.10 Å². The molecule has 7 heteroatoms. The van der Waals surface area contributed by atoms with Crippen LogP contribution in [0.5, 0.6) is 0 Å². The number of aryl methyl sites for hydroxylation is 1. The van der Waals surface area contributed by atoms with Crippen LogP contribution in [0.1, 0.15) is 35.2 Å². The molecular formula is C17H23N5OS. The Balaban J connectivity index is 1.40. The maximum Gasteiger partial charge on any atom is 0.227 e. The highest BCUT2D eigenvalue weighted by Crippen LogP contribution is 2.33. The van der Waals surface area contributed by atoms with E-state index in [0.29, 0.717) is 11.8 Å². The topological polar surface area (TPSA) is 63.1 Å². The zero-order chi connectivity index (χ0) is 16.5. The van der Waals surface area contributed by atoms with E-state index in [4.69, 9.17) is 0 Å². The molecule has 4 rings (SSSR count). The molecule has 128 valence electrons. The molecular weight excluding hydrogens is 322 g/mol. The van der Waals surface area contributed by atoms with E-state index in [9.17, 15) is 4.79 Å². The van der Waals surface area contributed by atoms with E-state index in [1.165, 1.54) is 10.6 Å². The van der Waals surface area contributed by atoms with E-state index < -0.39 is 0 Å². The lowest BCUT2D eigenvalue weighted by Crippen LogP contribution is -2.43. The predicted octanol–water partition coefficient (Wildman–Crippen LogP) is 1.59. The first kappa shape index (κ1) is 15.8. The molecule has 1 N–H and O–H groups in total. The first-order chi connectivity index (χ1) is 11.7. The third-order valence-electron chi connectivity index (χ3n) is 5.29. The molecule has 2 aromatic rings. The number of piperidine rings is 1. The standard InChI is InChI=1S/C17H23N5OS/c1-21-11-13(8-20-21)14-9-18-10-15(14)17(23)22-5-2-12(3-6-22)16-19-4-7-24-16/h4,7-8,11-12,14-15,18H,2-3,5-6,9-10H2,1H3/t14-,15+/m1/s1. The van der Waals surface area contributed by atoms with Crippen LogP contribution in [0.4, 0.5) is 0 Å². The molecule has 2 saturated heterocycles. The summed E-state index contributed by atoms with van der Waals surface area (Å²) in [6.07, 6.45) is 7.85. The molecule has 2 atom stereocenters. The third-order valence-corrected chi connectivity index (χ3v) is 6.23. The highest BCUT2D eigenvalue weighted by Gasteiger charge is 2.38. The van der Waals surface area contributed by atoms with Gasteiger partial charge in [-0.05, 0) is 18.4 Å². The fourth-order valence-corrected chi connectivity index (χ4v) is 4.75. The Bertz CT molecular complexity index is 690. The summed E-state index contributed by atoms with van der Waals surface area (Å²) in [6, 6.07) is 0. The summed E-state index contributed by atoms with van der Waals surface area (Å²) in [4.78, 5) is 19.5. The predicted molar refractivity (Wildman–Crippen MR) is 93.0 cm³/mol. The van der Waals surface area contributed by atoms with Crippen LogP contribution >= 0.6 is 11.3 Å². The van der Waals surface area contributed by atoms with Gasteiger partial charge in [-0.3, -0.25) is 9.48 Å². The van der Waals surface area contributed by atoms with E-state index in [2.05, 4.69) is 20.3 Å².